The van der Waals surface area contributed by atoms with Crippen LogP contribution in [0.15, 0.2) is 0 Å². The lowest BCUT2D eigenvalue weighted by Crippen LogP contribution is -2.47. The van der Waals surface area contributed by atoms with Crippen molar-refractivity contribution in [1.82, 2.24) is 0 Å². The molecular weight excluding hydrogens is 168 g/mol. The SMILES string of the molecule is CC(C)(CO)C1(CC(=O)O)CCC1. The summed E-state index contributed by atoms with van der Waals surface area (Å²) in [7, 11) is 0. The molecule has 0 spiro atoms. The fourth-order valence-electron chi connectivity index (χ4n) is 2.15. The lowest BCUT2D eigenvalue weighted by atomic mass is 9.53. The second kappa shape index (κ2) is 3.29. The van der Waals surface area contributed by atoms with Crippen molar-refractivity contribution < 1.29 is 15.0 Å². The van der Waals surface area contributed by atoms with Crippen LogP contribution in [-0.4, -0.2) is 22.8 Å². The van der Waals surface area contributed by atoms with Gasteiger partial charge < -0.3 is 10.2 Å². The minimum absolute atomic E-state index is 0.0697. The molecule has 0 radical (unpaired) electrons. The van der Waals surface area contributed by atoms with Gasteiger partial charge in [0.15, 0.2) is 0 Å². The quantitative estimate of drug-likeness (QED) is 0.701. The molecule has 1 aliphatic carbocycles. The predicted octanol–water partition coefficient (Wildman–Crippen LogP) is 1.65. The molecule has 0 aromatic carbocycles. The van der Waals surface area contributed by atoms with Gasteiger partial charge in [0, 0.05) is 6.61 Å². The Labute approximate surface area is 78.8 Å². The zero-order valence-electron chi connectivity index (χ0n) is 8.34. The lowest BCUT2D eigenvalue weighted by Gasteiger charge is -2.51. The topological polar surface area (TPSA) is 57.5 Å². The van der Waals surface area contributed by atoms with Crippen LogP contribution in [0, 0.1) is 10.8 Å². The van der Waals surface area contributed by atoms with E-state index in [0.717, 1.165) is 19.3 Å². The third-order valence-corrected chi connectivity index (χ3v) is 3.63. The summed E-state index contributed by atoms with van der Waals surface area (Å²) in [6.07, 6.45) is 3.16. The highest BCUT2D eigenvalue weighted by atomic mass is 16.4. The molecule has 0 bridgehead atoms. The van der Waals surface area contributed by atoms with E-state index in [0.29, 0.717) is 0 Å². The zero-order valence-corrected chi connectivity index (χ0v) is 8.34. The Morgan fingerprint density at radius 3 is 2.23 bits per heavy atom. The Bertz CT molecular complexity index is 204. The lowest BCUT2D eigenvalue weighted by molar-refractivity contribution is -0.148. The summed E-state index contributed by atoms with van der Waals surface area (Å²) in [6, 6.07) is 0. The van der Waals surface area contributed by atoms with Gasteiger partial charge in [0.05, 0.1) is 6.42 Å². The fraction of sp³-hybridized carbons (Fsp3) is 0.900. The van der Waals surface area contributed by atoms with Crippen LogP contribution in [0.25, 0.3) is 0 Å². The van der Waals surface area contributed by atoms with Crippen molar-refractivity contribution in [1.29, 1.82) is 0 Å². The molecule has 76 valence electrons. The third-order valence-electron chi connectivity index (χ3n) is 3.63. The summed E-state index contributed by atoms with van der Waals surface area (Å²) in [5, 5.41) is 18.0. The number of aliphatic carboxylic acids is 1. The van der Waals surface area contributed by atoms with Crippen molar-refractivity contribution in [3.8, 4) is 0 Å². The molecule has 0 amide bonds. The molecule has 0 aromatic rings. The Kier molecular flexibility index (Phi) is 2.66. The van der Waals surface area contributed by atoms with Crippen molar-refractivity contribution in [2.45, 2.75) is 39.5 Å². The maximum atomic E-state index is 10.7. The third kappa shape index (κ3) is 1.70. The first-order chi connectivity index (χ1) is 5.93. The number of hydrogen-bond donors (Lipinski definition) is 2. The molecule has 0 saturated heterocycles. The van der Waals surface area contributed by atoms with Gasteiger partial charge in [-0.1, -0.05) is 20.3 Å². The maximum absolute atomic E-state index is 10.7. The van der Waals surface area contributed by atoms with Crippen LogP contribution in [0.3, 0.4) is 0 Å². The van der Waals surface area contributed by atoms with Crippen LogP contribution in [0.1, 0.15) is 39.5 Å². The van der Waals surface area contributed by atoms with E-state index >= 15 is 0 Å². The van der Waals surface area contributed by atoms with Crippen molar-refractivity contribution in [2.24, 2.45) is 10.8 Å². The average molecular weight is 186 g/mol. The Hall–Kier alpha value is -0.570. The van der Waals surface area contributed by atoms with Crippen molar-refractivity contribution in [3.63, 3.8) is 0 Å². The van der Waals surface area contributed by atoms with Crippen molar-refractivity contribution >= 4 is 5.97 Å². The van der Waals surface area contributed by atoms with E-state index in [1.165, 1.54) is 0 Å². The predicted molar refractivity (Wildman–Crippen MR) is 49.4 cm³/mol. The maximum Gasteiger partial charge on any atom is 0.303 e. The molecule has 0 atom stereocenters. The number of carbonyl (C=O) groups is 1. The highest BCUT2D eigenvalue weighted by molar-refractivity contribution is 5.68. The first kappa shape index (κ1) is 10.5. The summed E-state index contributed by atoms with van der Waals surface area (Å²) in [4.78, 5) is 10.7. The molecule has 0 heterocycles. The van der Waals surface area contributed by atoms with Crippen LogP contribution < -0.4 is 0 Å². The molecule has 1 saturated carbocycles. The summed E-state index contributed by atoms with van der Waals surface area (Å²) < 4.78 is 0. The molecule has 1 rings (SSSR count). The van der Waals surface area contributed by atoms with Crippen LogP contribution in [0.4, 0.5) is 0 Å². The largest absolute Gasteiger partial charge is 0.481 e. The molecule has 1 fully saturated rings. The van der Waals surface area contributed by atoms with Crippen LogP contribution in [0.5, 0.6) is 0 Å². The van der Waals surface area contributed by atoms with Gasteiger partial charge in [-0.2, -0.15) is 0 Å². The van der Waals surface area contributed by atoms with E-state index in [2.05, 4.69) is 0 Å². The molecule has 3 heteroatoms. The minimum atomic E-state index is -0.749. The van der Waals surface area contributed by atoms with Crippen LogP contribution in [0.2, 0.25) is 0 Å². The molecule has 3 nitrogen and oxygen atoms in total. The number of rotatable bonds is 4. The van der Waals surface area contributed by atoms with Gasteiger partial charge in [-0.05, 0) is 23.7 Å². The van der Waals surface area contributed by atoms with E-state index in [-0.39, 0.29) is 23.9 Å². The summed E-state index contributed by atoms with van der Waals surface area (Å²) >= 11 is 0. The number of aliphatic hydroxyl groups is 1. The Morgan fingerprint density at radius 2 is 2.00 bits per heavy atom. The summed E-state index contributed by atoms with van der Waals surface area (Å²) in [6.45, 7) is 3.98. The standard InChI is InChI=1S/C10H18O3/c1-9(2,7-11)10(4-3-5-10)6-8(12)13/h11H,3-7H2,1-2H3,(H,12,13). The highest BCUT2D eigenvalue weighted by Crippen LogP contribution is 2.55. The first-order valence-electron chi connectivity index (χ1n) is 4.76. The van der Waals surface area contributed by atoms with Gasteiger partial charge in [0.1, 0.15) is 0 Å². The zero-order chi connectivity index (χ0) is 10.1. The monoisotopic (exact) mass is 186 g/mol. The van der Waals surface area contributed by atoms with Crippen LogP contribution >= 0.6 is 0 Å². The van der Waals surface area contributed by atoms with Gasteiger partial charge in [0.25, 0.3) is 0 Å². The van der Waals surface area contributed by atoms with Crippen LogP contribution in [-0.2, 0) is 4.79 Å². The molecule has 2 N–H and O–H groups in total. The fourth-order valence-corrected chi connectivity index (χ4v) is 2.15. The average Bonchev–Trinajstić information content (AvgIpc) is 1.96. The normalized spacial score (nSPS) is 20.8. The van der Waals surface area contributed by atoms with Gasteiger partial charge >= 0.3 is 5.97 Å². The highest BCUT2D eigenvalue weighted by Gasteiger charge is 2.49. The van der Waals surface area contributed by atoms with E-state index < -0.39 is 5.97 Å². The van der Waals surface area contributed by atoms with Gasteiger partial charge in [-0.3, -0.25) is 4.79 Å². The Morgan fingerprint density at radius 1 is 1.46 bits per heavy atom. The smallest absolute Gasteiger partial charge is 0.303 e. The summed E-state index contributed by atoms with van der Waals surface area (Å²) in [5.74, 6) is -0.749. The number of hydrogen-bond acceptors (Lipinski definition) is 2. The van der Waals surface area contributed by atoms with Crippen molar-refractivity contribution in [3.05, 3.63) is 0 Å². The van der Waals surface area contributed by atoms with E-state index in [4.69, 9.17) is 5.11 Å². The van der Waals surface area contributed by atoms with E-state index in [1.807, 2.05) is 13.8 Å². The molecule has 1 aliphatic rings. The van der Waals surface area contributed by atoms with Gasteiger partial charge in [0.2, 0.25) is 0 Å². The molecule has 0 aliphatic heterocycles. The second-order valence-corrected chi connectivity index (χ2v) is 4.75. The van der Waals surface area contributed by atoms with E-state index in [1.54, 1.807) is 0 Å². The molecule has 0 aromatic heterocycles. The number of carboxylic acids is 1. The van der Waals surface area contributed by atoms with E-state index in [9.17, 15) is 9.90 Å². The number of aliphatic hydroxyl groups excluding tert-OH is 1. The second-order valence-electron chi connectivity index (χ2n) is 4.75. The minimum Gasteiger partial charge on any atom is -0.481 e. The van der Waals surface area contributed by atoms with Gasteiger partial charge in [-0.15, -0.1) is 0 Å². The number of carboxylic acid groups (broad SMARTS) is 1. The first-order valence-corrected chi connectivity index (χ1v) is 4.76. The van der Waals surface area contributed by atoms with Crippen molar-refractivity contribution in [2.75, 3.05) is 6.61 Å². The molecule has 13 heavy (non-hydrogen) atoms. The Balaban J connectivity index is 2.74. The van der Waals surface area contributed by atoms with Gasteiger partial charge in [-0.25, -0.2) is 0 Å². The molecular formula is C10H18O3. The molecule has 0 unspecified atom stereocenters. The summed E-state index contributed by atoms with van der Waals surface area (Å²) in [5.41, 5.74) is -0.419.